The van der Waals surface area contributed by atoms with Crippen LogP contribution in [0.15, 0.2) is 0 Å². The average Bonchev–Trinajstić information content (AvgIpc) is 3.16. The Labute approximate surface area is 118 Å². The second kappa shape index (κ2) is 5.02. The molecule has 1 saturated carbocycles. The molecule has 1 N–H and O–H groups in total. The third kappa shape index (κ3) is 2.50. The van der Waals surface area contributed by atoms with Crippen LogP contribution in [0.1, 0.15) is 50.5 Å². The van der Waals surface area contributed by atoms with Gasteiger partial charge in [-0.05, 0) is 31.6 Å². The van der Waals surface area contributed by atoms with Gasteiger partial charge in [-0.3, -0.25) is 0 Å². The van der Waals surface area contributed by atoms with Crippen molar-refractivity contribution < 1.29 is 5.11 Å². The predicted octanol–water partition coefficient (Wildman–Crippen LogP) is 2.65. The molecule has 0 radical (unpaired) electrons. The van der Waals surface area contributed by atoms with Crippen LogP contribution in [0.4, 0.5) is 5.13 Å². The molecule has 1 aliphatic carbocycles. The molecule has 2 fully saturated rings. The fourth-order valence-corrected chi connectivity index (χ4v) is 3.99. The Kier molecular flexibility index (Phi) is 3.52. The number of anilines is 1. The Morgan fingerprint density at radius 3 is 2.84 bits per heavy atom. The molecule has 1 atom stereocenters. The van der Waals surface area contributed by atoms with Gasteiger partial charge < -0.3 is 10.0 Å². The van der Waals surface area contributed by atoms with Crippen molar-refractivity contribution in [2.75, 3.05) is 24.6 Å². The maximum atomic E-state index is 9.82. The van der Waals surface area contributed by atoms with Crippen molar-refractivity contribution in [1.82, 2.24) is 10.2 Å². The van der Waals surface area contributed by atoms with E-state index in [9.17, 15) is 5.11 Å². The first kappa shape index (κ1) is 13.3. The average molecular weight is 281 g/mol. The van der Waals surface area contributed by atoms with Gasteiger partial charge in [0.05, 0.1) is 6.61 Å². The molecule has 1 aliphatic heterocycles. The minimum atomic E-state index is 0.0314. The molecule has 3 rings (SSSR count). The third-order valence-electron chi connectivity index (χ3n) is 4.78. The lowest BCUT2D eigenvalue weighted by Gasteiger charge is -2.44. The van der Waals surface area contributed by atoms with Crippen molar-refractivity contribution in [3.8, 4) is 0 Å². The van der Waals surface area contributed by atoms with Gasteiger partial charge in [0.2, 0.25) is 5.13 Å². The highest BCUT2D eigenvalue weighted by Crippen LogP contribution is 2.44. The van der Waals surface area contributed by atoms with Crippen LogP contribution in [0.5, 0.6) is 0 Å². The summed E-state index contributed by atoms with van der Waals surface area (Å²) in [6.45, 7) is 6.68. The topological polar surface area (TPSA) is 49.2 Å². The molecule has 0 amide bonds. The molecular weight excluding hydrogens is 258 g/mol. The molecule has 2 aliphatic rings. The largest absolute Gasteiger partial charge is 0.396 e. The van der Waals surface area contributed by atoms with Gasteiger partial charge in [-0.15, -0.1) is 10.2 Å². The molecule has 0 bridgehead atoms. The molecule has 1 aromatic rings. The van der Waals surface area contributed by atoms with Crippen LogP contribution < -0.4 is 4.90 Å². The van der Waals surface area contributed by atoms with Crippen LogP contribution in [-0.2, 0) is 0 Å². The van der Waals surface area contributed by atoms with E-state index < -0.39 is 0 Å². The van der Waals surface area contributed by atoms with Gasteiger partial charge in [0.15, 0.2) is 0 Å². The van der Waals surface area contributed by atoms with Crippen LogP contribution in [0.25, 0.3) is 0 Å². The monoisotopic (exact) mass is 281 g/mol. The molecular formula is C14H23N3OS. The summed E-state index contributed by atoms with van der Waals surface area (Å²) in [5, 5.41) is 20.8. The number of rotatable bonds is 4. The van der Waals surface area contributed by atoms with Crippen LogP contribution in [0, 0.1) is 11.3 Å². The van der Waals surface area contributed by atoms with Crippen molar-refractivity contribution >= 4 is 16.5 Å². The minimum Gasteiger partial charge on any atom is -0.396 e. The number of nitrogens with zero attached hydrogens (tertiary/aromatic N) is 3. The Hall–Kier alpha value is -0.680. The van der Waals surface area contributed by atoms with E-state index >= 15 is 0 Å². The van der Waals surface area contributed by atoms with E-state index in [4.69, 9.17) is 0 Å². The number of aliphatic hydroxyl groups excluding tert-OH is 1. The summed E-state index contributed by atoms with van der Waals surface area (Å²) < 4.78 is 0. The number of hydrogen-bond donors (Lipinski definition) is 1. The number of aliphatic hydroxyl groups is 1. The molecule has 19 heavy (non-hydrogen) atoms. The molecule has 1 aromatic heterocycles. The van der Waals surface area contributed by atoms with Crippen LogP contribution >= 0.6 is 11.3 Å². The predicted molar refractivity (Wildman–Crippen MR) is 77.7 cm³/mol. The van der Waals surface area contributed by atoms with Crippen molar-refractivity contribution in [3.05, 3.63) is 5.01 Å². The molecule has 5 heteroatoms. The smallest absolute Gasteiger partial charge is 0.208 e. The summed E-state index contributed by atoms with van der Waals surface area (Å²) in [6, 6.07) is 0. The SMILES string of the molecule is CC(C)C1(CO)CCCN(c2nnc(C3CC3)s2)C1. The van der Waals surface area contributed by atoms with E-state index in [0.717, 1.165) is 31.1 Å². The highest BCUT2D eigenvalue weighted by Gasteiger charge is 2.39. The quantitative estimate of drug-likeness (QED) is 0.922. The van der Waals surface area contributed by atoms with E-state index in [1.807, 2.05) is 0 Å². The minimum absolute atomic E-state index is 0.0314. The first-order chi connectivity index (χ1) is 9.14. The van der Waals surface area contributed by atoms with Gasteiger partial charge in [-0.2, -0.15) is 0 Å². The summed E-state index contributed by atoms with van der Waals surface area (Å²) >= 11 is 1.76. The van der Waals surface area contributed by atoms with E-state index in [0.29, 0.717) is 11.8 Å². The molecule has 4 nitrogen and oxygen atoms in total. The number of hydrogen-bond acceptors (Lipinski definition) is 5. The molecule has 1 unspecified atom stereocenters. The lowest BCUT2D eigenvalue weighted by molar-refractivity contribution is 0.0600. The summed E-state index contributed by atoms with van der Waals surface area (Å²) in [6.07, 6.45) is 4.81. The molecule has 106 valence electrons. The second-order valence-electron chi connectivity index (χ2n) is 6.40. The zero-order chi connectivity index (χ0) is 13.5. The fourth-order valence-electron chi connectivity index (χ4n) is 2.96. The van der Waals surface area contributed by atoms with E-state index in [1.165, 1.54) is 17.8 Å². The van der Waals surface area contributed by atoms with Gasteiger partial charge in [0.25, 0.3) is 0 Å². The van der Waals surface area contributed by atoms with Gasteiger partial charge in [0, 0.05) is 24.4 Å². The lowest BCUT2D eigenvalue weighted by Crippen LogP contribution is -2.48. The fraction of sp³-hybridized carbons (Fsp3) is 0.857. The van der Waals surface area contributed by atoms with E-state index in [-0.39, 0.29) is 12.0 Å². The summed E-state index contributed by atoms with van der Waals surface area (Å²) in [7, 11) is 0. The van der Waals surface area contributed by atoms with E-state index in [1.54, 1.807) is 11.3 Å². The first-order valence-corrected chi connectivity index (χ1v) is 8.15. The van der Waals surface area contributed by atoms with Gasteiger partial charge in [-0.1, -0.05) is 25.2 Å². The van der Waals surface area contributed by atoms with Gasteiger partial charge >= 0.3 is 0 Å². The third-order valence-corrected chi connectivity index (χ3v) is 5.92. The first-order valence-electron chi connectivity index (χ1n) is 7.34. The highest BCUT2D eigenvalue weighted by atomic mass is 32.1. The number of piperidine rings is 1. The second-order valence-corrected chi connectivity index (χ2v) is 7.38. The standard InChI is InChI=1S/C14H23N3OS/c1-10(2)14(9-18)6-3-7-17(8-14)13-16-15-12(19-13)11-4-5-11/h10-11,18H,3-9H2,1-2H3. The van der Waals surface area contributed by atoms with Crippen molar-refractivity contribution in [2.24, 2.45) is 11.3 Å². The lowest BCUT2D eigenvalue weighted by atomic mass is 9.72. The Morgan fingerprint density at radius 1 is 1.42 bits per heavy atom. The Balaban J connectivity index is 1.76. The maximum absolute atomic E-state index is 9.82. The molecule has 1 saturated heterocycles. The summed E-state index contributed by atoms with van der Waals surface area (Å²) in [5.41, 5.74) is 0.0314. The zero-order valence-electron chi connectivity index (χ0n) is 11.8. The van der Waals surface area contributed by atoms with Crippen molar-refractivity contribution in [1.29, 1.82) is 0 Å². The molecule has 2 heterocycles. The Morgan fingerprint density at radius 2 is 2.21 bits per heavy atom. The van der Waals surface area contributed by atoms with Gasteiger partial charge in [0.1, 0.15) is 5.01 Å². The van der Waals surface area contributed by atoms with E-state index in [2.05, 4.69) is 28.9 Å². The normalized spacial score (nSPS) is 28.1. The molecule has 0 spiro atoms. The summed E-state index contributed by atoms with van der Waals surface area (Å²) in [5.74, 6) is 1.18. The Bertz CT molecular complexity index is 444. The van der Waals surface area contributed by atoms with Crippen molar-refractivity contribution in [2.45, 2.75) is 45.4 Å². The maximum Gasteiger partial charge on any atom is 0.208 e. The van der Waals surface area contributed by atoms with Crippen LogP contribution in [-0.4, -0.2) is 35.0 Å². The number of aromatic nitrogens is 2. The highest BCUT2D eigenvalue weighted by molar-refractivity contribution is 7.15. The van der Waals surface area contributed by atoms with Crippen LogP contribution in [0.2, 0.25) is 0 Å². The van der Waals surface area contributed by atoms with Crippen molar-refractivity contribution in [3.63, 3.8) is 0 Å². The molecule has 0 aromatic carbocycles. The zero-order valence-corrected chi connectivity index (χ0v) is 12.6. The van der Waals surface area contributed by atoms with Crippen LogP contribution in [0.3, 0.4) is 0 Å². The summed E-state index contributed by atoms with van der Waals surface area (Å²) in [4.78, 5) is 2.34. The van der Waals surface area contributed by atoms with Gasteiger partial charge in [-0.25, -0.2) is 0 Å².